The largest absolute Gasteiger partial charge is 0.472 e. The van der Waals surface area contributed by atoms with E-state index in [1.165, 1.54) is 30.7 Å². The van der Waals surface area contributed by atoms with Gasteiger partial charge in [-0.3, -0.25) is 9.59 Å². The van der Waals surface area contributed by atoms with Gasteiger partial charge in [0.2, 0.25) is 0 Å². The number of benzene rings is 3. The van der Waals surface area contributed by atoms with E-state index in [-0.39, 0.29) is 22.9 Å². The summed E-state index contributed by atoms with van der Waals surface area (Å²) < 4.78 is 18.7. The molecule has 0 spiro atoms. The Balaban J connectivity index is 1.55. The Bertz CT molecular complexity index is 1220. The van der Waals surface area contributed by atoms with Crippen molar-refractivity contribution in [2.75, 3.05) is 5.32 Å². The van der Waals surface area contributed by atoms with E-state index in [4.69, 9.17) is 4.42 Å². The number of amides is 2. The normalized spacial score (nSPS) is 11.8. The summed E-state index contributed by atoms with van der Waals surface area (Å²) in [5.74, 6) is -1.47. The van der Waals surface area contributed by atoms with Crippen LogP contribution in [-0.4, -0.2) is 11.8 Å². The maximum Gasteiger partial charge on any atom is 0.258 e. The lowest BCUT2D eigenvalue weighted by Crippen LogP contribution is -2.28. The Morgan fingerprint density at radius 3 is 2.50 bits per heavy atom. The van der Waals surface area contributed by atoms with Gasteiger partial charge in [-0.15, -0.1) is 0 Å². The molecule has 0 saturated heterocycles. The Labute approximate surface area is 172 Å². The molecule has 0 aliphatic carbocycles. The Hall–Kier alpha value is -3.93. The van der Waals surface area contributed by atoms with Crippen molar-refractivity contribution in [3.8, 4) is 0 Å². The summed E-state index contributed by atoms with van der Waals surface area (Å²) >= 11 is 0. The number of hydrogen-bond donors (Lipinski definition) is 2. The highest BCUT2D eigenvalue weighted by Crippen LogP contribution is 2.23. The van der Waals surface area contributed by atoms with Crippen LogP contribution in [0.3, 0.4) is 0 Å². The number of fused-ring (bicyclic) bond motifs is 1. The molecule has 1 aromatic heterocycles. The Morgan fingerprint density at radius 2 is 1.73 bits per heavy atom. The molecule has 0 aliphatic heterocycles. The van der Waals surface area contributed by atoms with Crippen molar-refractivity contribution in [2.45, 2.75) is 13.0 Å². The molecule has 4 aromatic rings. The molecular formula is C24H19FN2O3. The van der Waals surface area contributed by atoms with Crippen molar-refractivity contribution >= 4 is 28.3 Å². The third kappa shape index (κ3) is 4.07. The zero-order valence-electron chi connectivity index (χ0n) is 16.2. The van der Waals surface area contributed by atoms with E-state index in [1.54, 1.807) is 0 Å². The van der Waals surface area contributed by atoms with Gasteiger partial charge in [-0.2, -0.15) is 0 Å². The molecule has 0 aliphatic rings. The smallest absolute Gasteiger partial charge is 0.258 e. The Kier molecular flexibility index (Phi) is 5.30. The summed E-state index contributed by atoms with van der Waals surface area (Å²) in [6.07, 6.45) is 2.63. The number of carbonyl (C=O) groups excluding carboxylic acids is 2. The molecule has 1 unspecified atom stereocenters. The average Bonchev–Trinajstić information content (AvgIpc) is 3.28. The van der Waals surface area contributed by atoms with Crippen molar-refractivity contribution in [1.29, 1.82) is 0 Å². The molecule has 6 heteroatoms. The number of carbonyl (C=O) groups is 2. The van der Waals surface area contributed by atoms with E-state index in [9.17, 15) is 14.0 Å². The fourth-order valence-electron chi connectivity index (χ4n) is 3.24. The summed E-state index contributed by atoms with van der Waals surface area (Å²) in [6.45, 7) is 1.87. The van der Waals surface area contributed by atoms with Crippen molar-refractivity contribution in [3.05, 3.63) is 102 Å². The van der Waals surface area contributed by atoms with Crippen LogP contribution in [-0.2, 0) is 0 Å². The van der Waals surface area contributed by atoms with Crippen molar-refractivity contribution in [1.82, 2.24) is 5.32 Å². The second kappa shape index (κ2) is 8.21. The van der Waals surface area contributed by atoms with Crippen molar-refractivity contribution in [2.24, 2.45) is 0 Å². The molecular weight excluding hydrogens is 383 g/mol. The van der Waals surface area contributed by atoms with E-state index >= 15 is 0 Å². The van der Waals surface area contributed by atoms with Gasteiger partial charge in [-0.25, -0.2) is 4.39 Å². The van der Waals surface area contributed by atoms with Crippen molar-refractivity contribution < 1.29 is 18.4 Å². The Morgan fingerprint density at radius 1 is 0.933 bits per heavy atom. The summed E-state index contributed by atoms with van der Waals surface area (Å²) in [5, 5.41) is 7.67. The molecule has 1 atom stereocenters. The predicted octanol–water partition coefficient (Wildman–Crippen LogP) is 5.32. The van der Waals surface area contributed by atoms with E-state index in [0.29, 0.717) is 0 Å². The van der Waals surface area contributed by atoms with Crippen LogP contribution in [0.4, 0.5) is 10.1 Å². The molecule has 30 heavy (non-hydrogen) atoms. The molecule has 0 saturated carbocycles. The number of anilines is 1. The van der Waals surface area contributed by atoms with Crippen LogP contribution in [0.1, 0.15) is 39.2 Å². The van der Waals surface area contributed by atoms with E-state index < -0.39 is 17.6 Å². The molecule has 3 aromatic carbocycles. The molecule has 0 radical (unpaired) electrons. The summed E-state index contributed by atoms with van der Waals surface area (Å²) in [5.41, 5.74) is 1.47. The second-order valence-corrected chi connectivity index (χ2v) is 6.96. The van der Waals surface area contributed by atoms with Crippen LogP contribution in [0.25, 0.3) is 10.8 Å². The minimum Gasteiger partial charge on any atom is -0.472 e. The summed E-state index contributed by atoms with van der Waals surface area (Å²) in [7, 11) is 0. The quantitative estimate of drug-likeness (QED) is 0.475. The molecule has 4 rings (SSSR count). The van der Waals surface area contributed by atoms with Crippen LogP contribution >= 0.6 is 0 Å². The monoisotopic (exact) mass is 402 g/mol. The van der Waals surface area contributed by atoms with Crippen LogP contribution in [0.5, 0.6) is 0 Å². The fraction of sp³-hybridized carbons (Fsp3) is 0.0833. The highest BCUT2D eigenvalue weighted by Gasteiger charge is 2.18. The third-order valence-corrected chi connectivity index (χ3v) is 4.88. The van der Waals surface area contributed by atoms with Gasteiger partial charge in [-0.05, 0) is 53.6 Å². The number of nitrogens with one attached hydrogen (secondary N) is 2. The van der Waals surface area contributed by atoms with Gasteiger partial charge in [0.15, 0.2) is 0 Å². The lowest BCUT2D eigenvalue weighted by Gasteiger charge is -2.17. The van der Waals surface area contributed by atoms with Crippen LogP contribution in [0.15, 0.2) is 83.7 Å². The van der Waals surface area contributed by atoms with Crippen molar-refractivity contribution in [3.63, 3.8) is 0 Å². The van der Waals surface area contributed by atoms with Gasteiger partial charge in [0, 0.05) is 0 Å². The molecule has 150 valence electrons. The van der Waals surface area contributed by atoms with E-state index in [0.717, 1.165) is 22.4 Å². The first-order valence-electron chi connectivity index (χ1n) is 9.44. The van der Waals surface area contributed by atoms with Gasteiger partial charge in [-0.1, -0.05) is 36.4 Å². The first-order chi connectivity index (χ1) is 14.5. The van der Waals surface area contributed by atoms with Crippen LogP contribution < -0.4 is 10.6 Å². The lowest BCUT2D eigenvalue weighted by molar-refractivity contribution is 0.0940. The predicted molar refractivity (Wildman–Crippen MR) is 113 cm³/mol. The first kappa shape index (κ1) is 19.4. The number of furan rings is 1. The second-order valence-electron chi connectivity index (χ2n) is 6.96. The van der Waals surface area contributed by atoms with Crippen LogP contribution in [0.2, 0.25) is 0 Å². The highest BCUT2D eigenvalue weighted by atomic mass is 19.1. The number of hydrogen-bond acceptors (Lipinski definition) is 3. The third-order valence-electron chi connectivity index (χ3n) is 4.88. The van der Waals surface area contributed by atoms with Gasteiger partial charge >= 0.3 is 0 Å². The molecule has 2 N–H and O–H groups in total. The van der Waals surface area contributed by atoms with Gasteiger partial charge in [0.1, 0.15) is 12.1 Å². The SMILES string of the molecule is CC(NC(=O)c1ccc(F)cc1NC(=O)c1ccoc1)c1ccc2ccccc2c1. The van der Waals surface area contributed by atoms with Crippen LogP contribution in [0, 0.1) is 5.82 Å². The summed E-state index contributed by atoms with van der Waals surface area (Å²) in [6, 6.07) is 18.8. The lowest BCUT2D eigenvalue weighted by atomic mass is 10.0. The standard InChI is InChI=1S/C24H19FN2O3/c1-15(17-7-6-16-4-2-3-5-18(16)12-17)26-24(29)21-9-8-20(25)13-22(21)27-23(28)19-10-11-30-14-19/h2-15H,1H3,(H,26,29)(H,27,28). The molecule has 2 amide bonds. The molecule has 1 heterocycles. The van der Waals surface area contributed by atoms with Gasteiger partial charge < -0.3 is 15.1 Å². The van der Waals surface area contributed by atoms with Gasteiger partial charge in [0.05, 0.1) is 29.1 Å². The van der Waals surface area contributed by atoms with Gasteiger partial charge in [0.25, 0.3) is 11.8 Å². The zero-order valence-corrected chi connectivity index (χ0v) is 16.2. The topological polar surface area (TPSA) is 71.3 Å². The highest BCUT2D eigenvalue weighted by molar-refractivity contribution is 6.08. The average molecular weight is 402 g/mol. The molecule has 5 nitrogen and oxygen atoms in total. The first-order valence-corrected chi connectivity index (χ1v) is 9.44. The summed E-state index contributed by atoms with van der Waals surface area (Å²) in [4.78, 5) is 25.2. The minimum atomic E-state index is -0.559. The number of rotatable bonds is 5. The molecule has 0 fully saturated rings. The zero-order chi connectivity index (χ0) is 21.1. The maximum atomic E-state index is 13.8. The maximum absolute atomic E-state index is 13.8. The molecule has 0 bridgehead atoms. The number of halogens is 1. The fourth-order valence-corrected chi connectivity index (χ4v) is 3.24. The van der Waals surface area contributed by atoms with E-state index in [1.807, 2.05) is 49.4 Å². The minimum absolute atomic E-state index is 0.0874. The van der Waals surface area contributed by atoms with E-state index in [2.05, 4.69) is 10.6 Å².